The summed E-state index contributed by atoms with van der Waals surface area (Å²) in [7, 11) is 0. The van der Waals surface area contributed by atoms with E-state index in [1.54, 1.807) is 6.20 Å². The van der Waals surface area contributed by atoms with E-state index in [2.05, 4.69) is 20.2 Å². The Bertz CT molecular complexity index is 650. The molecule has 2 aromatic heterocycles. The lowest BCUT2D eigenvalue weighted by Gasteiger charge is -2.15. The van der Waals surface area contributed by atoms with Crippen LogP contribution in [0.2, 0.25) is 0 Å². The molecule has 0 unspecified atom stereocenters. The van der Waals surface area contributed by atoms with Crippen LogP contribution < -0.4 is 10.5 Å². The molecule has 7 heteroatoms. The van der Waals surface area contributed by atoms with Crippen molar-refractivity contribution in [3.63, 3.8) is 0 Å². The Kier molecular flexibility index (Phi) is 2.66. The van der Waals surface area contributed by atoms with Crippen molar-refractivity contribution in [3.05, 3.63) is 23.0 Å². The SMILES string of the molecule is CCOc1ncc2c(n1)-c1[nH]nc(C(N)=O)c1CC2. The summed E-state index contributed by atoms with van der Waals surface area (Å²) >= 11 is 0. The van der Waals surface area contributed by atoms with Crippen molar-refractivity contribution >= 4 is 5.91 Å². The highest BCUT2D eigenvalue weighted by molar-refractivity contribution is 5.94. The molecule has 0 aliphatic heterocycles. The fraction of sp³-hybridized carbons (Fsp3) is 0.333. The smallest absolute Gasteiger partial charge is 0.316 e. The van der Waals surface area contributed by atoms with Crippen molar-refractivity contribution < 1.29 is 9.53 Å². The second kappa shape index (κ2) is 4.34. The molecule has 0 spiro atoms. The van der Waals surface area contributed by atoms with Gasteiger partial charge in [0.15, 0.2) is 5.69 Å². The number of carbonyl (C=O) groups is 1. The molecule has 1 aliphatic rings. The average Bonchev–Trinajstić information content (AvgIpc) is 2.83. The summed E-state index contributed by atoms with van der Waals surface area (Å²) in [6.45, 7) is 2.37. The van der Waals surface area contributed by atoms with Crippen molar-refractivity contribution in [3.8, 4) is 17.4 Å². The third-order valence-electron chi connectivity index (χ3n) is 3.10. The zero-order chi connectivity index (χ0) is 13.4. The lowest BCUT2D eigenvalue weighted by Crippen LogP contribution is -2.15. The molecule has 1 aliphatic carbocycles. The van der Waals surface area contributed by atoms with Gasteiger partial charge in [0.2, 0.25) is 0 Å². The second-order valence-corrected chi connectivity index (χ2v) is 4.25. The van der Waals surface area contributed by atoms with Crippen LogP contribution in [0.5, 0.6) is 6.01 Å². The van der Waals surface area contributed by atoms with Gasteiger partial charge in [-0.1, -0.05) is 0 Å². The summed E-state index contributed by atoms with van der Waals surface area (Å²) in [5.74, 6) is -0.528. The topological polar surface area (TPSA) is 107 Å². The van der Waals surface area contributed by atoms with Crippen LogP contribution in [0.4, 0.5) is 0 Å². The molecule has 0 fully saturated rings. The molecule has 0 radical (unpaired) electrons. The zero-order valence-electron chi connectivity index (χ0n) is 10.4. The first-order valence-electron chi connectivity index (χ1n) is 6.06. The minimum Gasteiger partial charge on any atom is -0.464 e. The average molecular weight is 259 g/mol. The highest BCUT2D eigenvalue weighted by Gasteiger charge is 2.26. The number of aryl methyl sites for hydroxylation is 1. The van der Waals surface area contributed by atoms with Crippen molar-refractivity contribution in [1.29, 1.82) is 0 Å². The number of fused-ring (bicyclic) bond motifs is 3. The summed E-state index contributed by atoms with van der Waals surface area (Å²) in [5.41, 5.74) is 8.89. The molecule has 3 N–H and O–H groups in total. The Hall–Kier alpha value is -2.44. The van der Waals surface area contributed by atoms with Crippen LogP contribution in [0, 0.1) is 0 Å². The molecular weight excluding hydrogens is 246 g/mol. The Morgan fingerprint density at radius 3 is 3.11 bits per heavy atom. The number of nitrogens with zero attached hydrogens (tertiary/aromatic N) is 3. The van der Waals surface area contributed by atoms with Crippen molar-refractivity contribution in [2.75, 3.05) is 6.61 Å². The second-order valence-electron chi connectivity index (χ2n) is 4.25. The number of primary amides is 1. The van der Waals surface area contributed by atoms with Crippen LogP contribution in [-0.4, -0.2) is 32.7 Å². The highest BCUT2D eigenvalue weighted by Crippen LogP contribution is 2.32. The van der Waals surface area contributed by atoms with Crippen LogP contribution in [0.15, 0.2) is 6.20 Å². The minimum absolute atomic E-state index is 0.289. The Morgan fingerprint density at radius 1 is 1.53 bits per heavy atom. The van der Waals surface area contributed by atoms with E-state index in [4.69, 9.17) is 10.5 Å². The van der Waals surface area contributed by atoms with E-state index < -0.39 is 5.91 Å². The normalized spacial score (nSPS) is 12.7. The minimum atomic E-state index is -0.528. The number of hydrogen-bond acceptors (Lipinski definition) is 5. The maximum Gasteiger partial charge on any atom is 0.316 e. The molecule has 98 valence electrons. The summed E-state index contributed by atoms with van der Waals surface area (Å²) in [6.07, 6.45) is 3.21. The van der Waals surface area contributed by atoms with Gasteiger partial charge in [-0.3, -0.25) is 9.89 Å². The largest absolute Gasteiger partial charge is 0.464 e. The van der Waals surface area contributed by atoms with E-state index in [9.17, 15) is 4.79 Å². The molecule has 7 nitrogen and oxygen atoms in total. The van der Waals surface area contributed by atoms with E-state index in [0.717, 1.165) is 28.9 Å². The summed E-state index contributed by atoms with van der Waals surface area (Å²) in [6, 6.07) is 0.323. The lowest BCUT2D eigenvalue weighted by molar-refractivity contribution is 0.0994. The van der Waals surface area contributed by atoms with Gasteiger partial charge in [0, 0.05) is 11.8 Å². The van der Waals surface area contributed by atoms with Crippen LogP contribution in [0.3, 0.4) is 0 Å². The predicted octanol–water partition coefficient (Wildman–Crippen LogP) is 0.463. The number of hydrogen-bond donors (Lipinski definition) is 2. The number of aromatic nitrogens is 4. The lowest BCUT2D eigenvalue weighted by atomic mass is 9.93. The maximum absolute atomic E-state index is 11.3. The third-order valence-corrected chi connectivity index (χ3v) is 3.10. The Morgan fingerprint density at radius 2 is 2.37 bits per heavy atom. The molecular formula is C12H13N5O2. The standard InChI is InChI=1S/C12H13N5O2/c1-2-19-12-14-5-6-3-4-7-9(8(6)15-12)16-17-10(7)11(13)18/h5H,2-4H2,1H3,(H2,13,18)(H,16,17). The molecule has 0 saturated heterocycles. The quantitative estimate of drug-likeness (QED) is 0.832. The molecule has 0 atom stereocenters. The Labute approximate surface area is 109 Å². The first kappa shape index (κ1) is 11.6. The fourth-order valence-electron chi connectivity index (χ4n) is 2.26. The van der Waals surface area contributed by atoms with Crippen LogP contribution in [-0.2, 0) is 12.8 Å². The predicted molar refractivity (Wildman–Crippen MR) is 66.7 cm³/mol. The first-order valence-corrected chi connectivity index (χ1v) is 6.06. The molecule has 0 aromatic carbocycles. The van der Waals surface area contributed by atoms with E-state index in [-0.39, 0.29) is 5.69 Å². The van der Waals surface area contributed by atoms with Crippen molar-refractivity contribution in [2.24, 2.45) is 5.73 Å². The van der Waals surface area contributed by atoms with E-state index in [1.807, 2.05) is 6.92 Å². The van der Waals surface area contributed by atoms with E-state index >= 15 is 0 Å². The monoisotopic (exact) mass is 259 g/mol. The van der Waals surface area contributed by atoms with Gasteiger partial charge in [0.1, 0.15) is 0 Å². The van der Waals surface area contributed by atoms with Gasteiger partial charge in [0.25, 0.3) is 5.91 Å². The summed E-state index contributed by atoms with van der Waals surface area (Å²) in [5, 5.41) is 6.81. The maximum atomic E-state index is 11.3. The van der Waals surface area contributed by atoms with Crippen molar-refractivity contribution in [1.82, 2.24) is 20.2 Å². The Balaban J connectivity index is 2.12. The number of nitrogens with two attached hydrogens (primary N) is 1. The van der Waals surface area contributed by atoms with E-state index in [0.29, 0.717) is 19.0 Å². The van der Waals surface area contributed by atoms with Gasteiger partial charge in [0.05, 0.1) is 18.0 Å². The van der Waals surface area contributed by atoms with Gasteiger partial charge >= 0.3 is 6.01 Å². The number of nitrogens with one attached hydrogen (secondary N) is 1. The molecule has 3 rings (SSSR count). The molecule has 2 aromatic rings. The van der Waals surface area contributed by atoms with Crippen LogP contribution in [0.25, 0.3) is 11.4 Å². The molecule has 2 heterocycles. The molecule has 1 amide bonds. The number of H-pyrrole nitrogens is 1. The molecule has 0 bridgehead atoms. The number of aromatic amines is 1. The zero-order valence-corrected chi connectivity index (χ0v) is 10.4. The van der Waals surface area contributed by atoms with Gasteiger partial charge in [-0.2, -0.15) is 10.1 Å². The first-order chi connectivity index (χ1) is 9.20. The summed E-state index contributed by atoms with van der Waals surface area (Å²) in [4.78, 5) is 19.8. The van der Waals surface area contributed by atoms with Crippen LogP contribution >= 0.6 is 0 Å². The van der Waals surface area contributed by atoms with Gasteiger partial charge in [-0.05, 0) is 25.3 Å². The highest BCUT2D eigenvalue weighted by atomic mass is 16.5. The van der Waals surface area contributed by atoms with Gasteiger partial charge < -0.3 is 10.5 Å². The van der Waals surface area contributed by atoms with Gasteiger partial charge in [-0.25, -0.2) is 4.98 Å². The number of carbonyl (C=O) groups excluding carboxylic acids is 1. The molecule has 19 heavy (non-hydrogen) atoms. The van der Waals surface area contributed by atoms with Gasteiger partial charge in [-0.15, -0.1) is 0 Å². The number of rotatable bonds is 3. The van der Waals surface area contributed by atoms with Crippen molar-refractivity contribution in [2.45, 2.75) is 19.8 Å². The number of ether oxygens (including phenoxy) is 1. The number of amides is 1. The third kappa shape index (κ3) is 1.83. The molecule has 0 saturated carbocycles. The van der Waals surface area contributed by atoms with Crippen LogP contribution in [0.1, 0.15) is 28.5 Å². The summed E-state index contributed by atoms with van der Waals surface area (Å²) < 4.78 is 5.29. The van der Waals surface area contributed by atoms with E-state index in [1.165, 1.54) is 0 Å². The fourth-order valence-corrected chi connectivity index (χ4v) is 2.26.